The highest BCUT2D eigenvalue weighted by Crippen LogP contribution is 2.32. The van der Waals surface area contributed by atoms with Gasteiger partial charge in [-0.15, -0.1) is 0 Å². The largest absolute Gasteiger partial charge is 0.469 e. The highest BCUT2D eigenvalue weighted by Gasteiger charge is 2.39. The van der Waals surface area contributed by atoms with E-state index in [1.807, 2.05) is 6.07 Å². The standard InChI is InChI=1S/C15H19NO5/c1-20-13(18)11-5-3-4-7-15(10-16,14(19)21-2)8-6-12(17)9-11/h3-4,11H,5-9H2,1-2H3/b4-3+. The topological polar surface area (TPSA) is 93.5 Å². The molecular weight excluding hydrogens is 274 g/mol. The highest BCUT2D eigenvalue weighted by molar-refractivity contribution is 5.86. The van der Waals surface area contributed by atoms with Gasteiger partial charge in [0.05, 0.1) is 26.2 Å². The molecular formula is C15H19NO5. The Kier molecular flexibility index (Phi) is 6.10. The number of hydrogen-bond acceptors (Lipinski definition) is 6. The molecule has 0 fully saturated rings. The van der Waals surface area contributed by atoms with E-state index in [0.717, 1.165) is 0 Å². The molecule has 0 aromatic heterocycles. The van der Waals surface area contributed by atoms with E-state index in [0.29, 0.717) is 6.42 Å². The van der Waals surface area contributed by atoms with Crippen LogP contribution in [0.25, 0.3) is 0 Å². The molecule has 0 amide bonds. The highest BCUT2D eigenvalue weighted by atomic mass is 16.5. The number of carbonyl (C=O) groups excluding carboxylic acids is 3. The summed E-state index contributed by atoms with van der Waals surface area (Å²) in [4.78, 5) is 35.4. The summed E-state index contributed by atoms with van der Waals surface area (Å²) in [6.07, 6.45) is 4.11. The average Bonchev–Trinajstić information content (AvgIpc) is 2.51. The van der Waals surface area contributed by atoms with Crippen LogP contribution in [0.3, 0.4) is 0 Å². The van der Waals surface area contributed by atoms with Gasteiger partial charge in [0.25, 0.3) is 0 Å². The molecule has 2 atom stereocenters. The minimum atomic E-state index is -1.33. The molecule has 2 unspecified atom stereocenters. The van der Waals surface area contributed by atoms with Gasteiger partial charge in [-0.3, -0.25) is 14.4 Å². The third-order valence-electron chi connectivity index (χ3n) is 3.68. The van der Waals surface area contributed by atoms with Crippen LogP contribution < -0.4 is 0 Å². The maximum absolute atomic E-state index is 12.0. The number of nitrogens with zero attached hydrogens (tertiary/aromatic N) is 1. The predicted molar refractivity (Wildman–Crippen MR) is 72.8 cm³/mol. The fourth-order valence-electron chi connectivity index (χ4n) is 2.33. The van der Waals surface area contributed by atoms with E-state index in [1.165, 1.54) is 14.2 Å². The molecule has 114 valence electrons. The molecule has 0 aromatic carbocycles. The summed E-state index contributed by atoms with van der Waals surface area (Å²) < 4.78 is 9.36. The first-order chi connectivity index (χ1) is 9.99. The minimum absolute atomic E-state index is 0.0553. The van der Waals surface area contributed by atoms with Gasteiger partial charge in [-0.25, -0.2) is 0 Å². The maximum Gasteiger partial charge on any atom is 0.326 e. The van der Waals surface area contributed by atoms with Gasteiger partial charge in [0.15, 0.2) is 5.41 Å². The Morgan fingerprint density at radius 1 is 1.33 bits per heavy atom. The number of carbonyl (C=O) groups is 3. The van der Waals surface area contributed by atoms with Gasteiger partial charge in [0.2, 0.25) is 0 Å². The lowest BCUT2D eigenvalue weighted by Crippen LogP contribution is -2.32. The number of methoxy groups -OCH3 is 2. The number of esters is 2. The van der Waals surface area contributed by atoms with Gasteiger partial charge in [-0.05, 0) is 19.3 Å². The quantitative estimate of drug-likeness (QED) is 0.566. The number of ketones is 1. The Balaban J connectivity index is 2.96. The van der Waals surface area contributed by atoms with E-state index < -0.39 is 23.3 Å². The smallest absolute Gasteiger partial charge is 0.326 e. The summed E-state index contributed by atoms with van der Waals surface area (Å²) in [5.74, 6) is -1.73. The zero-order valence-corrected chi connectivity index (χ0v) is 12.3. The summed E-state index contributed by atoms with van der Waals surface area (Å²) in [5.41, 5.74) is -1.33. The van der Waals surface area contributed by atoms with Crippen LogP contribution in [0.5, 0.6) is 0 Å². The van der Waals surface area contributed by atoms with Crippen molar-refractivity contribution in [3.8, 4) is 6.07 Å². The second kappa shape index (κ2) is 7.58. The van der Waals surface area contributed by atoms with Crippen LogP contribution in [-0.2, 0) is 23.9 Å². The maximum atomic E-state index is 12.0. The third-order valence-corrected chi connectivity index (χ3v) is 3.68. The second-order valence-corrected chi connectivity index (χ2v) is 5.06. The van der Waals surface area contributed by atoms with Crippen molar-refractivity contribution in [2.75, 3.05) is 14.2 Å². The zero-order valence-electron chi connectivity index (χ0n) is 12.3. The number of rotatable bonds is 2. The van der Waals surface area contributed by atoms with Gasteiger partial charge < -0.3 is 9.47 Å². The molecule has 1 aliphatic carbocycles. The molecule has 6 heteroatoms. The summed E-state index contributed by atoms with van der Waals surface area (Å²) >= 11 is 0. The molecule has 0 saturated carbocycles. The summed E-state index contributed by atoms with van der Waals surface area (Å²) in [6.45, 7) is 0. The molecule has 0 spiro atoms. The number of nitriles is 1. The lowest BCUT2D eigenvalue weighted by Gasteiger charge is -2.23. The van der Waals surface area contributed by atoms with Crippen molar-refractivity contribution in [1.29, 1.82) is 5.26 Å². The molecule has 0 bridgehead atoms. The molecule has 0 saturated heterocycles. The molecule has 0 aromatic rings. The lowest BCUT2D eigenvalue weighted by molar-refractivity contribution is -0.150. The fraction of sp³-hybridized carbons (Fsp3) is 0.600. The number of hydrogen-bond donors (Lipinski definition) is 0. The van der Waals surface area contributed by atoms with E-state index in [4.69, 9.17) is 0 Å². The van der Waals surface area contributed by atoms with Crippen LogP contribution in [0.2, 0.25) is 0 Å². The van der Waals surface area contributed by atoms with Crippen molar-refractivity contribution in [3.63, 3.8) is 0 Å². The van der Waals surface area contributed by atoms with E-state index in [2.05, 4.69) is 9.47 Å². The summed E-state index contributed by atoms with van der Waals surface area (Å²) in [6, 6.07) is 1.98. The first kappa shape index (κ1) is 16.9. The van der Waals surface area contributed by atoms with Crippen molar-refractivity contribution in [3.05, 3.63) is 12.2 Å². The molecule has 21 heavy (non-hydrogen) atoms. The van der Waals surface area contributed by atoms with Crippen molar-refractivity contribution >= 4 is 17.7 Å². The van der Waals surface area contributed by atoms with Crippen molar-refractivity contribution < 1.29 is 23.9 Å². The predicted octanol–water partition coefficient (Wildman–Crippen LogP) is 1.55. The minimum Gasteiger partial charge on any atom is -0.469 e. The molecule has 6 nitrogen and oxygen atoms in total. The first-order valence-corrected chi connectivity index (χ1v) is 6.73. The van der Waals surface area contributed by atoms with Crippen LogP contribution in [0.15, 0.2) is 12.2 Å². The Hall–Kier alpha value is -2.16. The number of Topliss-reactive ketones (excluding diaryl/α,β-unsaturated/α-hetero) is 1. The van der Waals surface area contributed by atoms with Gasteiger partial charge in [-0.1, -0.05) is 12.2 Å². The Morgan fingerprint density at radius 3 is 2.62 bits per heavy atom. The number of ether oxygens (including phenoxy) is 2. The average molecular weight is 293 g/mol. The van der Waals surface area contributed by atoms with Crippen LogP contribution in [0, 0.1) is 22.7 Å². The van der Waals surface area contributed by atoms with Crippen molar-refractivity contribution in [2.24, 2.45) is 11.3 Å². The zero-order chi connectivity index (χ0) is 15.9. The monoisotopic (exact) mass is 293 g/mol. The Bertz CT molecular complexity index is 491. The molecule has 1 rings (SSSR count). The van der Waals surface area contributed by atoms with E-state index in [1.54, 1.807) is 12.2 Å². The SMILES string of the molecule is COC(=O)C1C/C=C/CC(C#N)(C(=O)OC)CCC(=O)C1. The molecule has 0 aliphatic heterocycles. The molecule has 0 heterocycles. The van der Waals surface area contributed by atoms with Gasteiger partial charge >= 0.3 is 11.9 Å². The van der Waals surface area contributed by atoms with Crippen LogP contribution >= 0.6 is 0 Å². The molecule has 0 N–H and O–H groups in total. The first-order valence-electron chi connectivity index (χ1n) is 6.73. The van der Waals surface area contributed by atoms with Crippen LogP contribution in [0.1, 0.15) is 32.1 Å². The Morgan fingerprint density at radius 2 is 2.05 bits per heavy atom. The second-order valence-electron chi connectivity index (χ2n) is 5.06. The van der Waals surface area contributed by atoms with E-state index in [9.17, 15) is 19.6 Å². The normalized spacial score (nSPS) is 28.0. The summed E-state index contributed by atoms with van der Waals surface area (Å²) in [7, 11) is 2.51. The third kappa shape index (κ3) is 4.15. The molecule has 0 radical (unpaired) electrons. The Labute approximate surface area is 123 Å². The summed E-state index contributed by atoms with van der Waals surface area (Å²) in [5, 5.41) is 9.32. The van der Waals surface area contributed by atoms with Crippen molar-refractivity contribution in [1.82, 2.24) is 0 Å². The van der Waals surface area contributed by atoms with E-state index >= 15 is 0 Å². The van der Waals surface area contributed by atoms with Crippen molar-refractivity contribution in [2.45, 2.75) is 32.1 Å². The van der Waals surface area contributed by atoms with E-state index in [-0.39, 0.29) is 31.5 Å². The van der Waals surface area contributed by atoms with Gasteiger partial charge in [0.1, 0.15) is 5.78 Å². The lowest BCUT2D eigenvalue weighted by atomic mass is 9.79. The number of allylic oxidation sites excluding steroid dienone is 2. The van der Waals surface area contributed by atoms with Crippen LogP contribution in [0.4, 0.5) is 0 Å². The van der Waals surface area contributed by atoms with Crippen LogP contribution in [-0.4, -0.2) is 31.9 Å². The molecule has 1 aliphatic rings. The van der Waals surface area contributed by atoms with Gasteiger partial charge in [0, 0.05) is 12.8 Å². The van der Waals surface area contributed by atoms with Gasteiger partial charge in [-0.2, -0.15) is 5.26 Å². The fourth-order valence-corrected chi connectivity index (χ4v) is 2.33.